The van der Waals surface area contributed by atoms with E-state index in [1.807, 2.05) is 19.0 Å². The second-order valence-electron chi connectivity index (χ2n) is 4.57. The molecule has 1 atom stereocenters. The highest BCUT2D eigenvalue weighted by atomic mass is 16.4. The zero-order chi connectivity index (χ0) is 12.1. The van der Waals surface area contributed by atoms with Crippen LogP contribution < -0.4 is 0 Å². The van der Waals surface area contributed by atoms with Gasteiger partial charge in [-0.25, -0.2) is 0 Å². The number of hydrogen-bond acceptors (Lipinski definition) is 3. The minimum Gasteiger partial charge on any atom is -0.481 e. The van der Waals surface area contributed by atoms with E-state index in [4.69, 9.17) is 5.11 Å². The number of aliphatic carboxylic acids is 1. The van der Waals surface area contributed by atoms with Gasteiger partial charge in [0.05, 0.1) is 5.92 Å². The van der Waals surface area contributed by atoms with Gasteiger partial charge >= 0.3 is 5.97 Å². The number of carbonyl (C=O) groups excluding carboxylic acids is 1. The van der Waals surface area contributed by atoms with Crippen LogP contribution in [0, 0.1) is 5.92 Å². The Morgan fingerprint density at radius 2 is 2.12 bits per heavy atom. The van der Waals surface area contributed by atoms with Gasteiger partial charge in [0.25, 0.3) is 0 Å². The molecule has 1 unspecified atom stereocenters. The van der Waals surface area contributed by atoms with Crippen LogP contribution in [0.1, 0.15) is 19.3 Å². The number of carboxylic acid groups (broad SMARTS) is 1. The number of piperidine rings is 1. The number of carboxylic acids is 1. The highest BCUT2D eigenvalue weighted by molar-refractivity contribution is 5.78. The molecule has 1 saturated heterocycles. The lowest BCUT2D eigenvalue weighted by Gasteiger charge is -2.31. The molecule has 0 bridgehead atoms. The molecule has 1 aliphatic rings. The molecule has 1 heterocycles. The van der Waals surface area contributed by atoms with Crippen LogP contribution in [0.15, 0.2) is 0 Å². The molecule has 1 fully saturated rings. The van der Waals surface area contributed by atoms with Gasteiger partial charge in [-0.05, 0) is 26.9 Å². The normalized spacial score (nSPS) is 21.2. The first-order valence-electron chi connectivity index (χ1n) is 5.66. The van der Waals surface area contributed by atoms with E-state index >= 15 is 0 Å². The maximum Gasteiger partial charge on any atom is 0.308 e. The molecule has 5 heteroatoms. The summed E-state index contributed by atoms with van der Waals surface area (Å²) in [4.78, 5) is 26.3. The van der Waals surface area contributed by atoms with Gasteiger partial charge in [0.15, 0.2) is 0 Å². The summed E-state index contributed by atoms with van der Waals surface area (Å²) in [6.07, 6.45) is 1.96. The van der Waals surface area contributed by atoms with E-state index in [-0.39, 0.29) is 11.8 Å². The van der Waals surface area contributed by atoms with E-state index in [1.54, 1.807) is 4.90 Å². The molecule has 92 valence electrons. The number of rotatable bonds is 4. The number of amides is 1. The standard InChI is InChI=1S/C11H20N2O3/c1-12(2)7-5-10(14)13-6-3-4-9(8-13)11(15)16/h9H,3-8H2,1-2H3,(H,15,16). The highest BCUT2D eigenvalue weighted by Gasteiger charge is 2.27. The Hall–Kier alpha value is -1.10. The van der Waals surface area contributed by atoms with E-state index in [9.17, 15) is 9.59 Å². The van der Waals surface area contributed by atoms with Crippen molar-refractivity contribution in [3.05, 3.63) is 0 Å². The Kier molecular flexibility index (Phi) is 4.73. The van der Waals surface area contributed by atoms with Crippen LogP contribution in [0.5, 0.6) is 0 Å². The van der Waals surface area contributed by atoms with Crippen LogP contribution in [0.2, 0.25) is 0 Å². The fourth-order valence-corrected chi connectivity index (χ4v) is 1.88. The van der Waals surface area contributed by atoms with Crippen LogP contribution in [0.4, 0.5) is 0 Å². The maximum atomic E-state index is 11.8. The van der Waals surface area contributed by atoms with E-state index < -0.39 is 5.97 Å². The second-order valence-corrected chi connectivity index (χ2v) is 4.57. The zero-order valence-corrected chi connectivity index (χ0v) is 9.98. The lowest BCUT2D eigenvalue weighted by Crippen LogP contribution is -2.43. The second kappa shape index (κ2) is 5.84. The van der Waals surface area contributed by atoms with Gasteiger partial charge in [-0.1, -0.05) is 0 Å². The third kappa shape index (κ3) is 3.81. The van der Waals surface area contributed by atoms with Crippen LogP contribution in [-0.4, -0.2) is 60.5 Å². The summed E-state index contributed by atoms with van der Waals surface area (Å²) in [7, 11) is 3.84. The van der Waals surface area contributed by atoms with Crippen molar-refractivity contribution in [3.8, 4) is 0 Å². The molecule has 0 aromatic carbocycles. The van der Waals surface area contributed by atoms with Gasteiger partial charge in [0.2, 0.25) is 5.91 Å². The highest BCUT2D eigenvalue weighted by Crippen LogP contribution is 2.17. The Morgan fingerprint density at radius 3 is 2.69 bits per heavy atom. The average Bonchev–Trinajstić information content (AvgIpc) is 2.26. The molecule has 1 aliphatic heterocycles. The van der Waals surface area contributed by atoms with Crippen LogP contribution >= 0.6 is 0 Å². The van der Waals surface area contributed by atoms with Gasteiger partial charge < -0.3 is 14.9 Å². The molecule has 5 nitrogen and oxygen atoms in total. The Morgan fingerprint density at radius 1 is 1.44 bits per heavy atom. The SMILES string of the molecule is CN(C)CCC(=O)N1CCCC(C(=O)O)C1. The molecule has 0 spiro atoms. The molecule has 0 aromatic rings. The van der Waals surface area contributed by atoms with Gasteiger partial charge in [0, 0.05) is 26.1 Å². The summed E-state index contributed by atoms with van der Waals surface area (Å²) in [6, 6.07) is 0. The predicted octanol–water partition coefficient (Wildman–Crippen LogP) is 0.261. The smallest absolute Gasteiger partial charge is 0.308 e. The molecule has 16 heavy (non-hydrogen) atoms. The van der Waals surface area contributed by atoms with Crippen LogP contribution in [-0.2, 0) is 9.59 Å². The molecule has 0 aliphatic carbocycles. The summed E-state index contributed by atoms with van der Waals surface area (Å²) in [5, 5.41) is 8.91. The largest absolute Gasteiger partial charge is 0.481 e. The summed E-state index contributed by atoms with van der Waals surface area (Å²) >= 11 is 0. The van der Waals surface area contributed by atoms with Crippen molar-refractivity contribution >= 4 is 11.9 Å². The predicted molar refractivity (Wildman–Crippen MR) is 60.1 cm³/mol. The van der Waals surface area contributed by atoms with Crippen molar-refractivity contribution in [2.24, 2.45) is 5.92 Å². The summed E-state index contributed by atoms with van der Waals surface area (Å²) in [5.41, 5.74) is 0. The van der Waals surface area contributed by atoms with Crippen molar-refractivity contribution in [2.45, 2.75) is 19.3 Å². The van der Waals surface area contributed by atoms with Crippen LogP contribution in [0.25, 0.3) is 0 Å². The molecule has 1 amide bonds. The molecule has 0 radical (unpaired) electrons. The van der Waals surface area contributed by atoms with Crippen molar-refractivity contribution in [1.82, 2.24) is 9.80 Å². The first kappa shape index (κ1) is 13.0. The number of hydrogen-bond donors (Lipinski definition) is 1. The number of nitrogens with zero attached hydrogens (tertiary/aromatic N) is 2. The molecule has 1 N–H and O–H groups in total. The summed E-state index contributed by atoms with van der Waals surface area (Å²) in [5.74, 6) is -1.10. The van der Waals surface area contributed by atoms with Crippen molar-refractivity contribution in [1.29, 1.82) is 0 Å². The Balaban J connectivity index is 2.41. The molecular formula is C11H20N2O3. The van der Waals surface area contributed by atoms with Gasteiger partial charge in [-0.2, -0.15) is 0 Å². The van der Waals surface area contributed by atoms with Gasteiger partial charge in [-0.3, -0.25) is 9.59 Å². The minimum atomic E-state index is -0.787. The zero-order valence-electron chi connectivity index (χ0n) is 9.98. The van der Waals surface area contributed by atoms with Crippen LogP contribution in [0.3, 0.4) is 0 Å². The maximum absolute atomic E-state index is 11.8. The van der Waals surface area contributed by atoms with E-state index in [2.05, 4.69) is 0 Å². The minimum absolute atomic E-state index is 0.0691. The topological polar surface area (TPSA) is 60.9 Å². The van der Waals surface area contributed by atoms with Crippen molar-refractivity contribution in [3.63, 3.8) is 0 Å². The quantitative estimate of drug-likeness (QED) is 0.750. The van der Waals surface area contributed by atoms with Gasteiger partial charge in [0.1, 0.15) is 0 Å². The number of carbonyl (C=O) groups is 2. The average molecular weight is 228 g/mol. The van der Waals surface area contributed by atoms with Crippen molar-refractivity contribution in [2.75, 3.05) is 33.7 Å². The fourth-order valence-electron chi connectivity index (χ4n) is 1.88. The lowest BCUT2D eigenvalue weighted by molar-refractivity contribution is -0.145. The first-order chi connectivity index (χ1) is 7.50. The lowest BCUT2D eigenvalue weighted by atomic mass is 9.98. The summed E-state index contributed by atoms with van der Waals surface area (Å²) in [6.45, 7) is 1.80. The molecule has 0 saturated carbocycles. The van der Waals surface area contributed by atoms with E-state index in [1.165, 1.54) is 0 Å². The Labute approximate surface area is 96.0 Å². The third-order valence-electron chi connectivity index (χ3n) is 2.90. The third-order valence-corrected chi connectivity index (χ3v) is 2.90. The van der Waals surface area contributed by atoms with Gasteiger partial charge in [-0.15, -0.1) is 0 Å². The fraction of sp³-hybridized carbons (Fsp3) is 0.818. The Bertz CT molecular complexity index is 266. The molecule has 1 rings (SSSR count). The number of likely N-dealkylation sites (tertiary alicyclic amines) is 1. The van der Waals surface area contributed by atoms with E-state index in [0.29, 0.717) is 32.5 Å². The molecule has 0 aromatic heterocycles. The molecular weight excluding hydrogens is 208 g/mol. The monoisotopic (exact) mass is 228 g/mol. The van der Waals surface area contributed by atoms with E-state index in [0.717, 1.165) is 6.42 Å². The summed E-state index contributed by atoms with van der Waals surface area (Å²) < 4.78 is 0. The van der Waals surface area contributed by atoms with Crippen molar-refractivity contribution < 1.29 is 14.7 Å². The first-order valence-corrected chi connectivity index (χ1v) is 5.66.